The molecular formula is C14H19NO3S. The fourth-order valence-corrected chi connectivity index (χ4v) is 2.70. The maximum Gasteiger partial charge on any atom is 0.307 e. The van der Waals surface area contributed by atoms with Crippen molar-refractivity contribution in [3.05, 3.63) is 22.4 Å². The first-order chi connectivity index (χ1) is 9.00. The van der Waals surface area contributed by atoms with Gasteiger partial charge in [0, 0.05) is 18.5 Å². The Kier molecular flexibility index (Phi) is 4.24. The lowest BCUT2D eigenvalue weighted by Crippen LogP contribution is -2.40. The highest BCUT2D eigenvalue weighted by Crippen LogP contribution is 2.31. The average Bonchev–Trinajstić information content (AvgIpc) is 3.10. The molecule has 19 heavy (non-hydrogen) atoms. The van der Waals surface area contributed by atoms with Crippen LogP contribution < -0.4 is 0 Å². The number of rotatable bonds is 6. The molecule has 1 saturated carbocycles. The Bertz CT molecular complexity index is 453. The second-order valence-electron chi connectivity index (χ2n) is 5.24. The van der Waals surface area contributed by atoms with Crippen LogP contribution in [0, 0.1) is 11.8 Å². The van der Waals surface area contributed by atoms with Crippen LogP contribution in [-0.4, -0.2) is 27.9 Å². The fraction of sp³-hybridized carbons (Fsp3) is 0.571. The third kappa shape index (κ3) is 3.35. The normalized spacial score (nSPS) is 17.8. The zero-order chi connectivity index (χ0) is 14.0. The van der Waals surface area contributed by atoms with Crippen LogP contribution in [0.1, 0.15) is 32.3 Å². The quantitative estimate of drug-likeness (QED) is 0.872. The van der Waals surface area contributed by atoms with Crippen LogP contribution in [0.25, 0.3) is 0 Å². The van der Waals surface area contributed by atoms with Gasteiger partial charge >= 0.3 is 5.97 Å². The van der Waals surface area contributed by atoms with Crippen molar-refractivity contribution in [3.63, 3.8) is 0 Å². The molecule has 0 radical (unpaired) electrons. The van der Waals surface area contributed by atoms with Crippen molar-refractivity contribution < 1.29 is 14.7 Å². The Labute approximate surface area is 117 Å². The molecule has 104 valence electrons. The summed E-state index contributed by atoms with van der Waals surface area (Å²) in [6.07, 6.45) is 2.06. The molecule has 2 rings (SSSR count). The van der Waals surface area contributed by atoms with Crippen molar-refractivity contribution in [1.82, 2.24) is 4.90 Å². The molecule has 1 N–H and O–H groups in total. The van der Waals surface area contributed by atoms with E-state index in [2.05, 4.69) is 0 Å². The van der Waals surface area contributed by atoms with E-state index in [4.69, 9.17) is 5.11 Å². The Balaban J connectivity index is 2.06. The van der Waals surface area contributed by atoms with Gasteiger partial charge in [0.15, 0.2) is 0 Å². The Morgan fingerprint density at radius 3 is 2.58 bits per heavy atom. The second kappa shape index (κ2) is 5.74. The lowest BCUT2D eigenvalue weighted by Gasteiger charge is -2.27. The summed E-state index contributed by atoms with van der Waals surface area (Å²) in [5.41, 5.74) is 1.13. The molecule has 4 nitrogen and oxygen atoms in total. The number of carbonyl (C=O) groups excluding carboxylic acids is 1. The van der Waals surface area contributed by atoms with E-state index >= 15 is 0 Å². The van der Waals surface area contributed by atoms with Gasteiger partial charge in [0.2, 0.25) is 5.91 Å². The van der Waals surface area contributed by atoms with Crippen LogP contribution >= 0.6 is 11.3 Å². The average molecular weight is 281 g/mol. The van der Waals surface area contributed by atoms with Crippen molar-refractivity contribution in [1.29, 1.82) is 0 Å². The van der Waals surface area contributed by atoms with Gasteiger partial charge in [-0.25, -0.2) is 0 Å². The SMILES string of the molecule is CC(C(=O)O)C(C)C(=O)N(Cc1ccsc1)C1CC1. The zero-order valence-corrected chi connectivity index (χ0v) is 12.0. The number of hydrogen-bond donors (Lipinski definition) is 1. The number of carboxylic acid groups (broad SMARTS) is 1. The summed E-state index contributed by atoms with van der Waals surface area (Å²) in [6.45, 7) is 3.91. The summed E-state index contributed by atoms with van der Waals surface area (Å²) in [5, 5.41) is 13.1. The monoisotopic (exact) mass is 281 g/mol. The van der Waals surface area contributed by atoms with E-state index in [1.165, 1.54) is 0 Å². The van der Waals surface area contributed by atoms with Gasteiger partial charge in [0.05, 0.1) is 5.92 Å². The first kappa shape index (κ1) is 14.1. The molecule has 1 aliphatic carbocycles. The second-order valence-corrected chi connectivity index (χ2v) is 6.02. The molecule has 1 amide bonds. The molecule has 2 atom stereocenters. The number of amides is 1. The first-order valence-corrected chi connectivity index (χ1v) is 7.49. The molecule has 0 spiro atoms. The predicted octanol–water partition coefficient (Wildman–Crippen LogP) is 2.60. The molecule has 2 unspecified atom stereocenters. The maximum atomic E-state index is 12.5. The van der Waals surface area contributed by atoms with Gasteiger partial charge in [0.1, 0.15) is 0 Å². The lowest BCUT2D eigenvalue weighted by atomic mass is 9.94. The third-order valence-corrected chi connectivity index (χ3v) is 4.46. The minimum absolute atomic E-state index is 0.0383. The van der Waals surface area contributed by atoms with E-state index < -0.39 is 17.8 Å². The highest BCUT2D eigenvalue weighted by atomic mass is 32.1. The number of nitrogens with zero attached hydrogens (tertiary/aromatic N) is 1. The van der Waals surface area contributed by atoms with E-state index in [1.807, 2.05) is 21.7 Å². The predicted molar refractivity (Wildman–Crippen MR) is 73.9 cm³/mol. The van der Waals surface area contributed by atoms with E-state index in [-0.39, 0.29) is 5.91 Å². The van der Waals surface area contributed by atoms with E-state index in [1.54, 1.807) is 25.2 Å². The van der Waals surface area contributed by atoms with E-state index in [9.17, 15) is 9.59 Å². The summed E-state index contributed by atoms with van der Waals surface area (Å²) in [4.78, 5) is 25.3. The summed E-state index contributed by atoms with van der Waals surface area (Å²) < 4.78 is 0. The van der Waals surface area contributed by atoms with Crippen molar-refractivity contribution in [2.45, 2.75) is 39.3 Å². The highest BCUT2D eigenvalue weighted by Gasteiger charge is 2.37. The summed E-state index contributed by atoms with van der Waals surface area (Å²) >= 11 is 1.61. The third-order valence-electron chi connectivity index (χ3n) is 3.73. The lowest BCUT2D eigenvalue weighted by molar-refractivity contribution is -0.149. The van der Waals surface area contributed by atoms with Crippen molar-refractivity contribution in [2.24, 2.45) is 11.8 Å². The molecule has 0 aromatic carbocycles. The van der Waals surface area contributed by atoms with Gasteiger partial charge in [-0.15, -0.1) is 0 Å². The van der Waals surface area contributed by atoms with Crippen LogP contribution in [0.2, 0.25) is 0 Å². The molecule has 1 aliphatic rings. The minimum Gasteiger partial charge on any atom is -0.481 e. The standard InChI is InChI=1S/C14H19NO3S/c1-9(10(2)14(17)18)13(16)15(12-3-4-12)7-11-5-6-19-8-11/h5-6,8-10,12H,3-4,7H2,1-2H3,(H,17,18). The minimum atomic E-state index is -0.910. The zero-order valence-electron chi connectivity index (χ0n) is 11.2. The molecule has 5 heteroatoms. The van der Waals surface area contributed by atoms with Crippen molar-refractivity contribution in [2.75, 3.05) is 0 Å². The van der Waals surface area contributed by atoms with Crippen LogP contribution in [0.15, 0.2) is 16.8 Å². The van der Waals surface area contributed by atoms with Gasteiger partial charge in [-0.1, -0.05) is 13.8 Å². The molecule has 0 bridgehead atoms. The number of carbonyl (C=O) groups is 2. The smallest absolute Gasteiger partial charge is 0.307 e. The summed E-state index contributed by atoms with van der Waals surface area (Å²) in [7, 11) is 0. The molecule has 1 aromatic heterocycles. The molecular weight excluding hydrogens is 262 g/mol. The molecule has 1 fully saturated rings. The van der Waals surface area contributed by atoms with E-state index in [0.29, 0.717) is 12.6 Å². The maximum absolute atomic E-state index is 12.5. The Morgan fingerprint density at radius 2 is 2.11 bits per heavy atom. The Morgan fingerprint density at radius 1 is 1.42 bits per heavy atom. The van der Waals surface area contributed by atoms with Crippen molar-refractivity contribution >= 4 is 23.2 Å². The van der Waals surface area contributed by atoms with Crippen LogP contribution in [0.5, 0.6) is 0 Å². The highest BCUT2D eigenvalue weighted by molar-refractivity contribution is 7.07. The molecule has 0 aliphatic heterocycles. The van der Waals surface area contributed by atoms with Crippen LogP contribution in [0.4, 0.5) is 0 Å². The summed E-state index contributed by atoms with van der Waals surface area (Å²) in [5.74, 6) is -2.07. The van der Waals surface area contributed by atoms with Gasteiger partial charge in [-0.2, -0.15) is 11.3 Å². The largest absolute Gasteiger partial charge is 0.481 e. The summed E-state index contributed by atoms with van der Waals surface area (Å²) in [6, 6.07) is 2.31. The number of carboxylic acids is 1. The van der Waals surface area contributed by atoms with E-state index in [0.717, 1.165) is 18.4 Å². The van der Waals surface area contributed by atoms with Crippen LogP contribution in [0.3, 0.4) is 0 Å². The molecule has 1 heterocycles. The molecule has 0 saturated heterocycles. The van der Waals surface area contributed by atoms with Gasteiger partial charge < -0.3 is 10.0 Å². The topological polar surface area (TPSA) is 57.6 Å². The Hall–Kier alpha value is -1.36. The van der Waals surface area contributed by atoms with Gasteiger partial charge in [-0.05, 0) is 35.2 Å². The fourth-order valence-electron chi connectivity index (χ4n) is 2.04. The molecule has 1 aromatic rings. The number of hydrogen-bond acceptors (Lipinski definition) is 3. The number of thiophene rings is 1. The first-order valence-electron chi connectivity index (χ1n) is 6.55. The van der Waals surface area contributed by atoms with Gasteiger partial charge in [-0.3, -0.25) is 9.59 Å². The number of aliphatic carboxylic acids is 1. The van der Waals surface area contributed by atoms with Gasteiger partial charge in [0.25, 0.3) is 0 Å². The van der Waals surface area contributed by atoms with Crippen LogP contribution in [-0.2, 0) is 16.1 Å². The van der Waals surface area contributed by atoms with Crippen molar-refractivity contribution in [3.8, 4) is 0 Å².